The molecule has 0 bridgehead atoms. The summed E-state index contributed by atoms with van der Waals surface area (Å²) in [5.74, 6) is -1.18. The highest BCUT2D eigenvalue weighted by Gasteiger charge is 2.34. The highest BCUT2D eigenvalue weighted by molar-refractivity contribution is 7.07. The SMILES string of the molecule is CC(=O)Nc1cnc(-n2c(-c3cscn3)nc3ccccc32)nc1OC(F)(F)F. The van der Waals surface area contributed by atoms with Gasteiger partial charge in [-0.2, -0.15) is 4.98 Å². The second-order valence-electron chi connectivity index (χ2n) is 5.75. The number of hydrogen-bond donors (Lipinski definition) is 1. The summed E-state index contributed by atoms with van der Waals surface area (Å²) in [6.45, 7) is 1.15. The number of ether oxygens (including phenoxy) is 1. The molecule has 0 saturated carbocycles. The molecule has 0 atom stereocenters. The molecule has 1 N–H and O–H groups in total. The summed E-state index contributed by atoms with van der Waals surface area (Å²) < 4.78 is 44.1. The average Bonchev–Trinajstić information content (AvgIpc) is 3.28. The standard InChI is InChI=1S/C17H11F3N6O2S/c1-9(27)23-11-6-21-16(25-15(11)28-17(18,19)20)26-13-5-3-2-4-10(13)24-14(26)12-7-29-8-22-12/h2-8H,1H3,(H,23,27). The zero-order valence-electron chi connectivity index (χ0n) is 14.6. The molecule has 0 fully saturated rings. The number of fused-ring (bicyclic) bond motifs is 1. The summed E-state index contributed by atoms with van der Waals surface area (Å²) in [6, 6.07) is 7.02. The van der Waals surface area contributed by atoms with Crippen molar-refractivity contribution in [1.29, 1.82) is 0 Å². The van der Waals surface area contributed by atoms with E-state index in [1.165, 1.54) is 15.9 Å². The Morgan fingerprint density at radius 1 is 1.21 bits per heavy atom. The number of carbonyl (C=O) groups is 1. The van der Waals surface area contributed by atoms with Gasteiger partial charge < -0.3 is 10.1 Å². The van der Waals surface area contributed by atoms with Crippen LogP contribution >= 0.6 is 11.3 Å². The number of nitrogens with zero attached hydrogens (tertiary/aromatic N) is 5. The van der Waals surface area contributed by atoms with E-state index in [2.05, 4.69) is 30.0 Å². The van der Waals surface area contributed by atoms with E-state index in [1.54, 1.807) is 35.2 Å². The zero-order chi connectivity index (χ0) is 20.6. The summed E-state index contributed by atoms with van der Waals surface area (Å²) in [5.41, 5.74) is 2.97. The molecule has 0 unspecified atom stereocenters. The average molecular weight is 420 g/mol. The highest BCUT2D eigenvalue weighted by Crippen LogP contribution is 2.31. The third kappa shape index (κ3) is 3.87. The van der Waals surface area contributed by atoms with E-state index in [9.17, 15) is 18.0 Å². The van der Waals surface area contributed by atoms with Crippen molar-refractivity contribution in [1.82, 2.24) is 24.5 Å². The second kappa shape index (κ2) is 7.13. The lowest BCUT2D eigenvalue weighted by Crippen LogP contribution is -2.21. The Hall–Kier alpha value is -3.54. The lowest BCUT2D eigenvalue weighted by atomic mass is 10.3. The number of imidazole rings is 1. The molecule has 0 saturated heterocycles. The predicted molar refractivity (Wildman–Crippen MR) is 98.8 cm³/mol. The summed E-state index contributed by atoms with van der Waals surface area (Å²) >= 11 is 1.34. The summed E-state index contributed by atoms with van der Waals surface area (Å²) in [4.78, 5) is 28.0. The fourth-order valence-corrected chi connectivity index (χ4v) is 3.18. The molecule has 1 aromatic carbocycles. The van der Waals surface area contributed by atoms with Crippen molar-refractivity contribution in [3.8, 4) is 23.3 Å². The number of rotatable bonds is 4. The van der Waals surface area contributed by atoms with Crippen LogP contribution in [-0.4, -0.2) is 36.8 Å². The molecular weight excluding hydrogens is 409 g/mol. The van der Waals surface area contributed by atoms with E-state index < -0.39 is 18.1 Å². The third-order valence-electron chi connectivity index (χ3n) is 3.69. The van der Waals surface area contributed by atoms with Gasteiger partial charge in [-0.3, -0.25) is 9.36 Å². The van der Waals surface area contributed by atoms with Crippen molar-refractivity contribution >= 4 is 34.0 Å². The number of nitrogens with one attached hydrogen (secondary N) is 1. The fourth-order valence-electron chi connectivity index (χ4n) is 2.65. The van der Waals surface area contributed by atoms with Crippen LogP contribution in [0, 0.1) is 0 Å². The van der Waals surface area contributed by atoms with Crippen LogP contribution in [0.1, 0.15) is 6.92 Å². The minimum Gasteiger partial charge on any atom is -0.385 e. The molecule has 0 aliphatic rings. The van der Waals surface area contributed by atoms with E-state index in [0.717, 1.165) is 13.1 Å². The maximum absolute atomic E-state index is 12.9. The number of hydrogen-bond acceptors (Lipinski definition) is 7. The van der Waals surface area contributed by atoms with Crippen LogP contribution in [0.2, 0.25) is 0 Å². The first-order valence-electron chi connectivity index (χ1n) is 8.08. The molecule has 29 heavy (non-hydrogen) atoms. The quantitative estimate of drug-likeness (QED) is 0.540. The Labute approximate surface area is 165 Å². The first-order chi connectivity index (χ1) is 13.8. The minimum atomic E-state index is -5.01. The smallest absolute Gasteiger partial charge is 0.385 e. The van der Waals surface area contributed by atoms with Crippen molar-refractivity contribution in [3.05, 3.63) is 41.4 Å². The molecule has 8 nitrogen and oxygen atoms in total. The number of benzene rings is 1. The van der Waals surface area contributed by atoms with E-state index in [0.29, 0.717) is 22.6 Å². The molecule has 0 aliphatic heterocycles. The van der Waals surface area contributed by atoms with Crippen molar-refractivity contribution in [2.75, 3.05) is 5.32 Å². The number of amides is 1. The number of alkyl halides is 3. The van der Waals surface area contributed by atoms with E-state index in [1.807, 2.05) is 0 Å². The lowest BCUT2D eigenvalue weighted by molar-refractivity contribution is -0.275. The number of para-hydroxylation sites is 2. The first kappa shape index (κ1) is 18.8. The van der Waals surface area contributed by atoms with E-state index >= 15 is 0 Å². The van der Waals surface area contributed by atoms with Gasteiger partial charge in [-0.05, 0) is 12.1 Å². The maximum atomic E-state index is 12.9. The van der Waals surface area contributed by atoms with Crippen LogP contribution in [0.25, 0.3) is 28.5 Å². The molecule has 12 heteroatoms. The molecule has 1 amide bonds. The Morgan fingerprint density at radius 2 is 2.00 bits per heavy atom. The van der Waals surface area contributed by atoms with Gasteiger partial charge in [0.1, 0.15) is 11.4 Å². The van der Waals surface area contributed by atoms with Crippen molar-refractivity contribution in [2.24, 2.45) is 0 Å². The second-order valence-corrected chi connectivity index (χ2v) is 6.47. The van der Waals surface area contributed by atoms with Crippen LogP contribution < -0.4 is 10.1 Å². The Kier molecular flexibility index (Phi) is 4.62. The van der Waals surface area contributed by atoms with Gasteiger partial charge in [-0.1, -0.05) is 12.1 Å². The third-order valence-corrected chi connectivity index (χ3v) is 4.27. The van der Waals surface area contributed by atoms with Crippen molar-refractivity contribution < 1.29 is 22.7 Å². The molecule has 0 aliphatic carbocycles. The highest BCUT2D eigenvalue weighted by atomic mass is 32.1. The molecular formula is C17H11F3N6O2S. The van der Waals surface area contributed by atoms with E-state index in [4.69, 9.17) is 0 Å². The van der Waals surface area contributed by atoms with Gasteiger partial charge in [-0.25, -0.2) is 15.0 Å². The van der Waals surface area contributed by atoms with Crippen LogP contribution in [0.4, 0.5) is 18.9 Å². The zero-order valence-corrected chi connectivity index (χ0v) is 15.5. The normalized spacial score (nSPS) is 11.6. The van der Waals surface area contributed by atoms with Crippen molar-refractivity contribution in [3.63, 3.8) is 0 Å². The number of thiazole rings is 1. The van der Waals surface area contributed by atoms with Gasteiger partial charge in [0.05, 0.1) is 22.7 Å². The van der Waals surface area contributed by atoms with Crippen LogP contribution in [0.5, 0.6) is 5.88 Å². The number of halogens is 3. The molecule has 0 radical (unpaired) electrons. The fraction of sp³-hybridized carbons (Fsp3) is 0.118. The largest absolute Gasteiger partial charge is 0.574 e. The lowest BCUT2D eigenvalue weighted by Gasteiger charge is -2.14. The van der Waals surface area contributed by atoms with Gasteiger partial charge in [-0.15, -0.1) is 24.5 Å². The first-order valence-corrected chi connectivity index (χ1v) is 9.03. The topological polar surface area (TPSA) is 94.8 Å². The van der Waals surface area contributed by atoms with Gasteiger partial charge in [0.15, 0.2) is 5.82 Å². The predicted octanol–water partition coefficient (Wildman–Crippen LogP) is 3.80. The molecule has 3 heterocycles. The number of anilines is 1. The van der Waals surface area contributed by atoms with Crippen LogP contribution in [-0.2, 0) is 4.79 Å². The number of carbonyl (C=O) groups excluding carboxylic acids is 1. The van der Waals surface area contributed by atoms with Gasteiger partial charge in [0, 0.05) is 12.3 Å². The molecule has 3 aromatic heterocycles. The Balaban J connectivity index is 1.93. The maximum Gasteiger partial charge on any atom is 0.574 e. The summed E-state index contributed by atoms with van der Waals surface area (Å²) in [6.07, 6.45) is -3.96. The summed E-state index contributed by atoms with van der Waals surface area (Å²) in [7, 11) is 0. The van der Waals surface area contributed by atoms with Crippen LogP contribution in [0.3, 0.4) is 0 Å². The number of aromatic nitrogens is 5. The van der Waals surface area contributed by atoms with Crippen LogP contribution in [0.15, 0.2) is 41.4 Å². The van der Waals surface area contributed by atoms with Gasteiger partial charge >= 0.3 is 6.36 Å². The Bertz CT molecular complexity index is 1190. The Morgan fingerprint density at radius 3 is 2.69 bits per heavy atom. The van der Waals surface area contributed by atoms with Gasteiger partial charge in [0.2, 0.25) is 11.9 Å². The summed E-state index contributed by atoms with van der Waals surface area (Å²) in [5, 5.41) is 3.97. The monoisotopic (exact) mass is 420 g/mol. The van der Waals surface area contributed by atoms with Gasteiger partial charge in [0.25, 0.3) is 5.88 Å². The minimum absolute atomic E-state index is 0.116. The molecule has 0 spiro atoms. The molecule has 4 rings (SSSR count). The molecule has 148 valence electrons. The van der Waals surface area contributed by atoms with Crippen molar-refractivity contribution in [2.45, 2.75) is 13.3 Å². The van der Waals surface area contributed by atoms with E-state index in [-0.39, 0.29) is 11.6 Å². The molecule has 4 aromatic rings.